The van der Waals surface area contributed by atoms with Gasteiger partial charge in [0.05, 0.1) is 0 Å². The minimum absolute atomic E-state index is 0.112. The Labute approximate surface area is 116 Å². The summed E-state index contributed by atoms with van der Waals surface area (Å²) in [6.07, 6.45) is 0. The van der Waals surface area contributed by atoms with Gasteiger partial charge in [-0.2, -0.15) is 0 Å². The molecule has 0 unspecified atom stereocenters. The maximum Gasteiger partial charge on any atom is 0.170 e. The van der Waals surface area contributed by atoms with Crippen molar-refractivity contribution in [2.45, 2.75) is 23.8 Å². The highest BCUT2D eigenvalue weighted by Gasteiger charge is 2.03. The SMILES string of the molecule is Cc1cc(C)nc(Sc2ccc(/C(N)=N/O)cc2)c1. The lowest BCUT2D eigenvalue weighted by Crippen LogP contribution is -2.12. The van der Waals surface area contributed by atoms with Gasteiger partial charge >= 0.3 is 0 Å². The molecular weight excluding hydrogens is 258 g/mol. The van der Waals surface area contributed by atoms with E-state index in [-0.39, 0.29) is 5.84 Å². The van der Waals surface area contributed by atoms with Crippen LogP contribution < -0.4 is 5.73 Å². The second kappa shape index (κ2) is 5.75. The van der Waals surface area contributed by atoms with Crippen LogP contribution >= 0.6 is 11.8 Å². The molecule has 0 aliphatic heterocycles. The number of pyridine rings is 1. The van der Waals surface area contributed by atoms with Gasteiger partial charge in [-0.1, -0.05) is 29.1 Å². The third-order valence-corrected chi connectivity index (χ3v) is 3.48. The summed E-state index contributed by atoms with van der Waals surface area (Å²) < 4.78 is 0. The number of benzene rings is 1. The van der Waals surface area contributed by atoms with Crippen LogP contribution in [0.2, 0.25) is 0 Å². The molecule has 98 valence electrons. The number of rotatable bonds is 3. The van der Waals surface area contributed by atoms with Gasteiger partial charge in [0, 0.05) is 16.2 Å². The Kier molecular flexibility index (Phi) is 4.06. The summed E-state index contributed by atoms with van der Waals surface area (Å²) >= 11 is 1.59. The number of aryl methyl sites for hydroxylation is 2. The van der Waals surface area contributed by atoms with Gasteiger partial charge in [0.15, 0.2) is 5.84 Å². The number of amidine groups is 1. The van der Waals surface area contributed by atoms with E-state index in [2.05, 4.69) is 23.1 Å². The van der Waals surface area contributed by atoms with Crippen LogP contribution in [0.25, 0.3) is 0 Å². The fourth-order valence-electron chi connectivity index (χ4n) is 1.73. The predicted molar refractivity (Wildman–Crippen MR) is 76.8 cm³/mol. The Bertz CT molecular complexity index is 588. The van der Waals surface area contributed by atoms with Crippen LogP contribution in [0.1, 0.15) is 16.8 Å². The van der Waals surface area contributed by atoms with E-state index < -0.39 is 0 Å². The van der Waals surface area contributed by atoms with Crippen molar-refractivity contribution >= 4 is 17.6 Å². The minimum Gasteiger partial charge on any atom is -0.409 e. The molecule has 1 aromatic carbocycles. The van der Waals surface area contributed by atoms with Crippen molar-refractivity contribution in [2.24, 2.45) is 10.9 Å². The van der Waals surface area contributed by atoms with Crippen molar-refractivity contribution in [3.8, 4) is 0 Å². The summed E-state index contributed by atoms with van der Waals surface area (Å²) in [6.45, 7) is 4.04. The second-order valence-corrected chi connectivity index (χ2v) is 5.33. The standard InChI is InChI=1S/C14H15N3OS/c1-9-7-10(2)16-13(8-9)19-12-5-3-11(4-6-12)14(15)17-18/h3-8,18H,1-2H3,(H2,15,17). The van der Waals surface area contributed by atoms with Crippen molar-refractivity contribution in [1.82, 2.24) is 4.98 Å². The van der Waals surface area contributed by atoms with Gasteiger partial charge in [0.25, 0.3) is 0 Å². The second-order valence-electron chi connectivity index (χ2n) is 4.24. The quantitative estimate of drug-likeness (QED) is 0.390. The topological polar surface area (TPSA) is 71.5 Å². The predicted octanol–water partition coefficient (Wildman–Crippen LogP) is 2.94. The number of hydrogen-bond acceptors (Lipinski definition) is 4. The van der Waals surface area contributed by atoms with E-state index in [0.717, 1.165) is 15.6 Å². The van der Waals surface area contributed by atoms with Crippen molar-refractivity contribution < 1.29 is 5.21 Å². The van der Waals surface area contributed by atoms with E-state index in [9.17, 15) is 0 Å². The minimum atomic E-state index is 0.112. The maximum atomic E-state index is 8.60. The molecule has 0 spiro atoms. The van der Waals surface area contributed by atoms with Crippen LogP contribution in [-0.4, -0.2) is 16.0 Å². The normalized spacial score (nSPS) is 11.6. The highest BCUT2D eigenvalue weighted by atomic mass is 32.2. The Balaban J connectivity index is 2.19. The fraction of sp³-hybridized carbons (Fsp3) is 0.143. The molecule has 0 atom stereocenters. The first kappa shape index (κ1) is 13.4. The zero-order valence-electron chi connectivity index (χ0n) is 10.8. The first-order valence-electron chi connectivity index (χ1n) is 5.79. The van der Waals surface area contributed by atoms with Crippen molar-refractivity contribution in [1.29, 1.82) is 0 Å². The smallest absolute Gasteiger partial charge is 0.170 e. The van der Waals surface area contributed by atoms with Crippen LogP contribution in [0.3, 0.4) is 0 Å². The summed E-state index contributed by atoms with van der Waals surface area (Å²) in [4.78, 5) is 5.54. The highest BCUT2D eigenvalue weighted by Crippen LogP contribution is 2.27. The molecule has 2 rings (SSSR count). The summed E-state index contributed by atoms with van der Waals surface area (Å²) in [6, 6.07) is 11.6. The Morgan fingerprint density at radius 1 is 1.21 bits per heavy atom. The van der Waals surface area contributed by atoms with Crippen molar-refractivity contribution in [3.63, 3.8) is 0 Å². The molecule has 0 radical (unpaired) electrons. The molecule has 0 fully saturated rings. The largest absolute Gasteiger partial charge is 0.409 e. The van der Waals surface area contributed by atoms with Gasteiger partial charge in [-0.15, -0.1) is 0 Å². The molecular formula is C14H15N3OS. The molecule has 1 aromatic heterocycles. The lowest BCUT2D eigenvalue weighted by molar-refractivity contribution is 0.318. The summed E-state index contributed by atoms with van der Waals surface area (Å²) in [5.74, 6) is 0.112. The molecule has 0 saturated carbocycles. The first-order chi connectivity index (χ1) is 9.08. The number of aromatic nitrogens is 1. The van der Waals surface area contributed by atoms with Crippen molar-refractivity contribution in [2.75, 3.05) is 0 Å². The Morgan fingerprint density at radius 3 is 2.47 bits per heavy atom. The van der Waals surface area contributed by atoms with E-state index >= 15 is 0 Å². The third-order valence-electron chi connectivity index (χ3n) is 2.55. The summed E-state index contributed by atoms with van der Waals surface area (Å²) in [7, 11) is 0. The van der Waals surface area contributed by atoms with Gasteiger partial charge in [0.1, 0.15) is 5.03 Å². The number of nitrogens with two attached hydrogens (primary N) is 1. The maximum absolute atomic E-state index is 8.60. The molecule has 19 heavy (non-hydrogen) atoms. The van der Waals surface area contributed by atoms with Crippen molar-refractivity contribution in [3.05, 3.63) is 53.2 Å². The van der Waals surface area contributed by atoms with E-state index in [1.165, 1.54) is 5.56 Å². The van der Waals surface area contributed by atoms with Crippen LogP contribution in [0, 0.1) is 13.8 Å². The summed E-state index contributed by atoms with van der Waals surface area (Å²) in [5, 5.41) is 12.5. The van der Waals surface area contributed by atoms with Gasteiger partial charge in [0.2, 0.25) is 0 Å². The average molecular weight is 273 g/mol. The van der Waals surface area contributed by atoms with Gasteiger partial charge in [-0.3, -0.25) is 0 Å². The van der Waals surface area contributed by atoms with Crippen LogP contribution in [0.5, 0.6) is 0 Å². The van der Waals surface area contributed by atoms with Crippen LogP contribution in [0.4, 0.5) is 0 Å². The lowest BCUT2D eigenvalue weighted by Gasteiger charge is -2.05. The molecule has 1 heterocycles. The molecule has 2 aromatic rings. The number of nitrogens with zero attached hydrogens (tertiary/aromatic N) is 2. The van der Waals surface area contributed by atoms with Crippen LogP contribution in [0.15, 0.2) is 51.5 Å². The van der Waals surface area contributed by atoms with Gasteiger partial charge in [-0.05, 0) is 43.7 Å². The van der Waals surface area contributed by atoms with E-state index in [4.69, 9.17) is 10.9 Å². The highest BCUT2D eigenvalue weighted by molar-refractivity contribution is 7.99. The first-order valence-corrected chi connectivity index (χ1v) is 6.61. The zero-order chi connectivity index (χ0) is 13.8. The Hall–Kier alpha value is -2.01. The lowest BCUT2D eigenvalue weighted by atomic mass is 10.2. The number of hydrogen-bond donors (Lipinski definition) is 2. The zero-order valence-corrected chi connectivity index (χ0v) is 11.6. The monoisotopic (exact) mass is 273 g/mol. The van der Waals surface area contributed by atoms with E-state index in [1.807, 2.05) is 37.3 Å². The van der Waals surface area contributed by atoms with Gasteiger partial charge in [-0.25, -0.2) is 4.98 Å². The number of oxime groups is 1. The van der Waals surface area contributed by atoms with Gasteiger partial charge < -0.3 is 10.9 Å². The molecule has 0 aliphatic carbocycles. The molecule has 0 amide bonds. The molecule has 0 saturated heterocycles. The van der Waals surface area contributed by atoms with E-state index in [0.29, 0.717) is 5.56 Å². The fourth-order valence-corrected chi connectivity index (χ4v) is 2.68. The molecule has 0 aliphatic rings. The third kappa shape index (κ3) is 3.48. The molecule has 5 heteroatoms. The van der Waals surface area contributed by atoms with Crippen LogP contribution in [-0.2, 0) is 0 Å². The Morgan fingerprint density at radius 2 is 1.89 bits per heavy atom. The molecule has 0 bridgehead atoms. The van der Waals surface area contributed by atoms with E-state index in [1.54, 1.807) is 11.8 Å². The summed E-state index contributed by atoms with van der Waals surface area (Å²) in [5.41, 5.74) is 8.42. The molecule has 3 N–H and O–H groups in total. The molecule has 4 nitrogen and oxygen atoms in total. The average Bonchev–Trinajstić information content (AvgIpc) is 2.37.